The van der Waals surface area contributed by atoms with E-state index in [1.165, 1.54) is 39.3 Å². The van der Waals surface area contributed by atoms with Crippen molar-refractivity contribution in [3.8, 4) is 11.6 Å². The van der Waals surface area contributed by atoms with Gasteiger partial charge in [-0.25, -0.2) is 28.9 Å². The molecule has 0 saturated heterocycles. The average Bonchev–Trinajstić information content (AvgIpc) is 3.72. The lowest BCUT2D eigenvalue weighted by molar-refractivity contribution is 0.0591. The molecule has 47 heavy (non-hydrogen) atoms. The normalized spacial score (nSPS) is 11.7. The highest BCUT2D eigenvalue weighted by Crippen LogP contribution is 2.34. The predicted molar refractivity (Wildman–Crippen MR) is 166 cm³/mol. The van der Waals surface area contributed by atoms with Crippen LogP contribution in [0, 0.1) is 20.8 Å². The molecule has 0 aliphatic rings. The van der Waals surface area contributed by atoms with Crippen LogP contribution in [0.25, 0.3) is 11.6 Å². The molecule has 0 atom stereocenters. The number of hydrogen-bond donors (Lipinski definition) is 2. The van der Waals surface area contributed by atoms with E-state index in [0.29, 0.717) is 35.0 Å². The Morgan fingerprint density at radius 1 is 0.723 bits per heavy atom. The van der Waals surface area contributed by atoms with Crippen LogP contribution in [0.4, 0.5) is 34.6 Å². The number of rotatable bonds is 9. The SMILES string of the molecule is CCc1nn(-c2cc(-n3nc(C)c(N=Nc4c(C(=O)OC)c(C)nn4C)c3N)ncn2)c(N)c1N=Nc1c(C(=O)OC)c(C)nn1C. The zero-order valence-corrected chi connectivity index (χ0v) is 26.9. The van der Waals surface area contributed by atoms with E-state index in [9.17, 15) is 9.59 Å². The van der Waals surface area contributed by atoms with Crippen LogP contribution in [0.1, 0.15) is 50.4 Å². The maximum atomic E-state index is 12.3. The topological polar surface area (TPSA) is 251 Å². The van der Waals surface area contributed by atoms with Gasteiger partial charge >= 0.3 is 11.9 Å². The van der Waals surface area contributed by atoms with Crippen LogP contribution in [-0.4, -0.2) is 75.2 Å². The quantitative estimate of drug-likeness (QED) is 0.173. The van der Waals surface area contributed by atoms with E-state index in [1.54, 1.807) is 40.9 Å². The lowest BCUT2D eigenvalue weighted by atomic mass is 10.2. The number of aromatic nitrogens is 10. The summed E-state index contributed by atoms with van der Waals surface area (Å²) in [6.45, 7) is 6.92. The van der Waals surface area contributed by atoms with E-state index < -0.39 is 11.9 Å². The van der Waals surface area contributed by atoms with Gasteiger partial charge in [0.25, 0.3) is 0 Å². The van der Waals surface area contributed by atoms with Gasteiger partial charge in [-0.15, -0.1) is 20.5 Å². The van der Waals surface area contributed by atoms with Gasteiger partial charge in [-0.3, -0.25) is 0 Å². The van der Waals surface area contributed by atoms with Gasteiger partial charge in [0.2, 0.25) is 0 Å². The second-order valence-electron chi connectivity index (χ2n) is 10.1. The predicted octanol–water partition coefficient (Wildman–Crippen LogP) is 3.37. The molecule has 5 rings (SSSR count). The largest absolute Gasteiger partial charge is 0.465 e. The second kappa shape index (κ2) is 12.6. The molecule has 0 saturated carbocycles. The van der Waals surface area contributed by atoms with Crippen LogP contribution in [0.5, 0.6) is 0 Å². The van der Waals surface area contributed by atoms with Crippen LogP contribution < -0.4 is 11.5 Å². The highest BCUT2D eigenvalue weighted by molar-refractivity contribution is 5.95. The standard InChI is InChI=1S/C27H32N16O4/c1-9-15-21(33-35-25-19(27(45)47-8)13(3)37-41(25)6)23(29)43(39-15)17-10-16(30-11-31-17)42-22(28)20(14(4)38-42)32-34-24-18(26(44)46-7)12(2)36-40(24)5/h10-11H,9,28-29H2,1-8H3. The molecule has 5 aromatic heterocycles. The zero-order chi connectivity index (χ0) is 34.2. The van der Waals surface area contributed by atoms with Crippen molar-refractivity contribution in [3.05, 3.63) is 46.3 Å². The first-order valence-corrected chi connectivity index (χ1v) is 14.0. The third kappa shape index (κ3) is 5.66. The van der Waals surface area contributed by atoms with E-state index in [1.807, 2.05) is 6.92 Å². The van der Waals surface area contributed by atoms with Gasteiger partial charge in [-0.05, 0) is 27.2 Å². The first kappa shape index (κ1) is 32.1. The summed E-state index contributed by atoms with van der Waals surface area (Å²) in [5.41, 5.74) is 15.7. The van der Waals surface area contributed by atoms with Gasteiger partial charge in [-0.2, -0.15) is 29.8 Å². The molecule has 20 heteroatoms. The van der Waals surface area contributed by atoms with E-state index in [2.05, 4.69) is 50.8 Å². The van der Waals surface area contributed by atoms with E-state index in [0.717, 1.165) is 0 Å². The number of hydrogen-bond acceptors (Lipinski definition) is 16. The summed E-state index contributed by atoms with van der Waals surface area (Å²) >= 11 is 0. The Hall–Kier alpha value is -6.34. The maximum Gasteiger partial charge on any atom is 0.343 e. The van der Waals surface area contributed by atoms with Gasteiger partial charge in [0.05, 0.1) is 37.0 Å². The minimum atomic E-state index is -0.592. The Bertz CT molecular complexity index is 2080. The third-order valence-corrected chi connectivity index (χ3v) is 7.09. The van der Waals surface area contributed by atoms with Crippen molar-refractivity contribution in [2.45, 2.75) is 34.1 Å². The van der Waals surface area contributed by atoms with Crippen LogP contribution in [0.2, 0.25) is 0 Å². The number of ether oxygens (including phenoxy) is 2. The molecule has 244 valence electrons. The van der Waals surface area contributed by atoms with Gasteiger partial charge in [0, 0.05) is 20.2 Å². The number of methoxy groups -OCH3 is 2. The van der Waals surface area contributed by atoms with Crippen molar-refractivity contribution in [1.29, 1.82) is 0 Å². The number of nitrogen functional groups attached to an aromatic ring is 2. The average molecular weight is 645 g/mol. The molecule has 0 unspecified atom stereocenters. The molecule has 0 bridgehead atoms. The van der Waals surface area contributed by atoms with Crippen LogP contribution >= 0.6 is 0 Å². The number of nitrogens with two attached hydrogens (primary N) is 2. The van der Waals surface area contributed by atoms with Crippen molar-refractivity contribution in [1.82, 2.24) is 49.1 Å². The van der Waals surface area contributed by atoms with Crippen LogP contribution in [0.15, 0.2) is 32.9 Å². The summed E-state index contributed by atoms with van der Waals surface area (Å²) in [7, 11) is 5.82. The third-order valence-electron chi connectivity index (χ3n) is 7.09. The van der Waals surface area contributed by atoms with Gasteiger partial charge in [-0.1, -0.05) is 6.92 Å². The minimum absolute atomic E-state index is 0.125. The lowest BCUT2D eigenvalue weighted by Crippen LogP contribution is -2.09. The number of anilines is 2. The zero-order valence-electron chi connectivity index (χ0n) is 26.9. The smallest absolute Gasteiger partial charge is 0.343 e. The summed E-state index contributed by atoms with van der Waals surface area (Å²) in [6, 6.07) is 1.58. The Balaban J connectivity index is 1.50. The molecule has 0 aliphatic carbocycles. The first-order chi connectivity index (χ1) is 22.4. The van der Waals surface area contributed by atoms with Crippen LogP contribution in [0.3, 0.4) is 0 Å². The molecule has 5 heterocycles. The van der Waals surface area contributed by atoms with Gasteiger partial charge in [0.15, 0.2) is 46.3 Å². The number of aryl methyl sites for hydroxylation is 6. The van der Waals surface area contributed by atoms with Crippen molar-refractivity contribution in [2.24, 2.45) is 34.6 Å². The molecule has 0 spiro atoms. The summed E-state index contributed by atoms with van der Waals surface area (Å²) < 4.78 is 15.3. The highest BCUT2D eigenvalue weighted by atomic mass is 16.5. The Morgan fingerprint density at radius 2 is 1.19 bits per heavy atom. The van der Waals surface area contributed by atoms with E-state index in [4.69, 9.17) is 20.9 Å². The molecule has 0 amide bonds. The number of azo groups is 2. The fourth-order valence-electron chi connectivity index (χ4n) is 4.79. The van der Waals surface area contributed by atoms with Crippen molar-refractivity contribution < 1.29 is 19.1 Å². The van der Waals surface area contributed by atoms with Gasteiger partial charge in [0.1, 0.15) is 17.5 Å². The molecule has 20 nitrogen and oxygen atoms in total. The molecule has 0 radical (unpaired) electrons. The molecule has 0 fully saturated rings. The first-order valence-electron chi connectivity index (χ1n) is 14.0. The monoisotopic (exact) mass is 644 g/mol. The highest BCUT2D eigenvalue weighted by Gasteiger charge is 2.24. The lowest BCUT2D eigenvalue weighted by Gasteiger charge is -2.06. The summed E-state index contributed by atoms with van der Waals surface area (Å²) in [5, 5.41) is 34.7. The molecule has 0 aliphatic heterocycles. The molecule has 5 aromatic rings. The number of nitrogens with zero attached hydrogens (tertiary/aromatic N) is 14. The van der Waals surface area contributed by atoms with Crippen LogP contribution in [-0.2, 0) is 30.0 Å². The Kier molecular flexibility index (Phi) is 8.58. The summed E-state index contributed by atoms with van der Waals surface area (Å²) in [5.74, 6) is 0.0511. The molecule has 4 N–H and O–H groups in total. The summed E-state index contributed by atoms with van der Waals surface area (Å²) in [4.78, 5) is 33.3. The molecular formula is C27H32N16O4. The summed E-state index contributed by atoms with van der Waals surface area (Å²) in [6.07, 6.45) is 1.77. The number of carbonyl (C=O) groups excluding carboxylic acids is 2. The van der Waals surface area contributed by atoms with E-state index in [-0.39, 0.29) is 51.6 Å². The fourth-order valence-corrected chi connectivity index (χ4v) is 4.79. The number of carbonyl (C=O) groups is 2. The maximum absolute atomic E-state index is 12.3. The van der Waals surface area contributed by atoms with Crippen molar-refractivity contribution in [2.75, 3.05) is 25.7 Å². The minimum Gasteiger partial charge on any atom is -0.465 e. The fraction of sp³-hybridized carbons (Fsp3) is 0.333. The molecule has 0 aromatic carbocycles. The number of esters is 2. The second-order valence-corrected chi connectivity index (χ2v) is 10.1. The van der Waals surface area contributed by atoms with Crippen molar-refractivity contribution in [3.63, 3.8) is 0 Å². The molecular weight excluding hydrogens is 612 g/mol. The van der Waals surface area contributed by atoms with Gasteiger partial charge < -0.3 is 20.9 Å². The van der Waals surface area contributed by atoms with E-state index >= 15 is 0 Å². The van der Waals surface area contributed by atoms with Crippen molar-refractivity contribution >= 4 is 46.6 Å². The Labute approximate surface area is 267 Å². The Morgan fingerprint density at radius 3 is 1.68 bits per heavy atom.